The van der Waals surface area contributed by atoms with E-state index in [9.17, 15) is 4.79 Å². The number of likely N-dealkylation sites (N-methyl/N-ethyl adjacent to an activating group) is 1. The van der Waals surface area contributed by atoms with Gasteiger partial charge >= 0.3 is 0 Å². The average Bonchev–Trinajstić information content (AvgIpc) is 2.67. The zero-order valence-electron chi connectivity index (χ0n) is 13.7. The predicted molar refractivity (Wildman–Crippen MR) is 99.6 cm³/mol. The third kappa shape index (κ3) is 4.11. The maximum Gasteiger partial charge on any atom is 0.243 e. The van der Waals surface area contributed by atoms with E-state index in [2.05, 4.69) is 30.1 Å². The Morgan fingerprint density at radius 3 is 2.43 bits per heavy atom. The first kappa shape index (κ1) is 20.1. The zero-order chi connectivity index (χ0) is 14.9. The molecule has 130 valence electrons. The first-order valence-electron chi connectivity index (χ1n) is 7.97. The summed E-state index contributed by atoms with van der Waals surface area (Å²) >= 11 is 0. The molecule has 6 heteroatoms. The summed E-state index contributed by atoms with van der Waals surface area (Å²) in [5, 5.41) is 0. The van der Waals surface area contributed by atoms with Gasteiger partial charge in [0.2, 0.25) is 5.91 Å². The minimum atomic E-state index is -0.629. The molecular formula is C17H27Cl2N3O. The Morgan fingerprint density at radius 2 is 1.74 bits per heavy atom. The molecule has 0 bridgehead atoms. The van der Waals surface area contributed by atoms with Crippen molar-refractivity contribution in [2.24, 2.45) is 5.73 Å². The molecule has 0 unspecified atom stereocenters. The van der Waals surface area contributed by atoms with Crippen molar-refractivity contribution in [1.29, 1.82) is 0 Å². The van der Waals surface area contributed by atoms with E-state index in [1.54, 1.807) is 0 Å². The molecule has 23 heavy (non-hydrogen) atoms. The van der Waals surface area contributed by atoms with Crippen molar-refractivity contribution in [3.8, 4) is 0 Å². The highest BCUT2D eigenvalue weighted by Crippen LogP contribution is 2.30. The van der Waals surface area contributed by atoms with Crippen molar-refractivity contribution in [3.05, 3.63) is 29.8 Å². The van der Waals surface area contributed by atoms with Gasteiger partial charge in [-0.25, -0.2) is 0 Å². The van der Waals surface area contributed by atoms with E-state index in [0.29, 0.717) is 6.54 Å². The van der Waals surface area contributed by atoms with Crippen molar-refractivity contribution in [1.82, 2.24) is 4.90 Å². The Bertz CT molecular complexity index is 532. The van der Waals surface area contributed by atoms with Gasteiger partial charge in [0.1, 0.15) is 0 Å². The van der Waals surface area contributed by atoms with E-state index in [1.807, 2.05) is 11.0 Å². The van der Waals surface area contributed by atoms with E-state index in [4.69, 9.17) is 5.73 Å². The smallest absolute Gasteiger partial charge is 0.243 e. The van der Waals surface area contributed by atoms with Crippen LogP contribution in [0.3, 0.4) is 0 Å². The van der Waals surface area contributed by atoms with E-state index < -0.39 is 5.54 Å². The second-order valence-electron chi connectivity index (χ2n) is 6.49. The van der Waals surface area contributed by atoms with Gasteiger partial charge in [0, 0.05) is 32.4 Å². The molecule has 1 aliphatic carbocycles. The van der Waals surface area contributed by atoms with Gasteiger partial charge < -0.3 is 15.5 Å². The number of carbonyl (C=O) groups excluding carboxylic acids is 1. The van der Waals surface area contributed by atoms with Gasteiger partial charge in [-0.05, 0) is 24.5 Å². The molecule has 0 saturated heterocycles. The SMILES string of the molecule is CN1CCN(C(=O)C2(N)CCCCC2)Cc2ccccc21.Cl.Cl. The first-order valence-corrected chi connectivity index (χ1v) is 7.97. The summed E-state index contributed by atoms with van der Waals surface area (Å²) in [5.74, 6) is 0.146. The second-order valence-corrected chi connectivity index (χ2v) is 6.49. The monoisotopic (exact) mass is 359 g/mol. The molecule has 0 aromatic heterocycles. The molecule has 2 N–H and O–H groups in total. The van der Waals surface area contributed by atoms with Gasteiger partial charge in [-0.1, -0.05) is 37.5 Å². The summed E-state index contributed by atoms with van der Waals surface area (Å²) in [6.45, 7) is 2.29. The van der Waals surface area contributed by atoms with Crippen LogP contribution in [0.2, 0.25) is 0 Å². The molecule has 1 aromatic carbocycles. The molecule has 4 nitrogen and oxygen atoms in total. The number of para-hydroxylation sites is 1. The number of amides is 1. The molecule has 1 aliphatic heterocycles. The number of benzene rings is 1. The van der Waals surface area contributed by atoms with Gasteiger partial charge in [-0.15, -0.1) is 24.8 Å². The van der Waals surface area contributed by atoms with Crippen molar-refractivity contribution < 1.29 is 4.79 Å². The number of nitrogens with zero attached hydrogens (tertiary/aromatic N) is 2. The fraction of sp³-hybridized carbons (Fsp3) is 0.588. The summed E-state index contributed by atoms with van der Waals surface area (Å²) in [5.41, 5.74) is 8.24. The highest BCUT2D eigenvalue weighted by atomic mass is 35.5. The third-order valence-corrected chi connectivity index (χ3v) is 4.93. The number of fused-ring (bicyclic) bond motifs is 1. The largest absolute Gasteiger partial charge is 0.373 e. The lowest BCUT2D eigenvalue weighted by atomic mass is 9.81. The Balaban J connectivity index is 0.00000132. The van der Waals surface area contributed by atoms with E-state index in [1.165, 1.54) is 17.7 Å². The molecule has 1 fully saturated rings. The summed E-state index contributed by atoms with van der Waals surface area (Å²) in [7, 11) is 2.09. The number of hydrogen-bond acceptors (Lipinski definition) is 3. The normalized spacial score (nSPS) is 19.7. The van der Waals surface area contributed by atoms with Crippen LogP contribution in [0.1, 0.15) is 37.7 Å². The molecule has 1 amide bonds. The summed E-state index contributed by atoms with van der Waals surface area (Å²) in [6, 6.07) is 8.33. The van der Waals surface area contributed by atoms with Crippen molar-refractivity contribution >= 4 is 36.4 Å². The molecule has 0 radical (unpaired) electrons. The van der Waals surface area contributed by atoms with Crippen molar-refractivity contribution in [2.45, 2.75) is 44.2 Å². The molecule has 3 rings (SSSR count). The molecule has 1 aromatic rings. The van der Waals surface area contributed by atoms with Crippen LogP contribution in [-0.4, -0.2) is 36.5 Å². The number of rotatable bonds is 1. The molecule has 1 saturated carbocycles. The van der Waals surface area contributed by atoms with Crippen LogP contribution in [0.5, 0.6) is 0 Å². The van der Waals surface area contributed by atoms with Crippen molar-refractivity contribution in [3.63, 3.8) is 0 Å². The minimum absolute atomic E-state index is 0. The van der Waals surface area contributed by atoms with Crippen LogP contribution in [0.25, 0.3) is 0 Å². The average molecular weight is 360 g/mol. The summed E-state index contributed by atoms with van der Waals surface area (Å²) in [6.07, 6.45) is 5.02. The molecule has 0 atom stereocenters. The fourth-order valence-electron chi connectivity index (χ4n) is 3.58. The van der Waals surface area contributed by atoms with Crippen LogP contribution in [-0.2, 0) is 11.3 Å². The van der Waals surface area contributed by atoms with Crippen LogP contribution in [0.15, 0.2) is 24.3 Å². The lowest BCUT2D eigenvalue weighted by Crippen LogP contribution is -2.56. The van der Waals surface area contributed by atoms with E-state index in [0.717, 1.165) is 38.8 Å². The van der Waals surface area contributed by atoms with Crippen LogP contribution in [0.4, 0.5) is 5.69 Å². The Kier molecular flexibility index (Phi) is 7.18. The summed E-state index contributed by atoms with van der Waals surface area (Å²) < 4.78 is 0. The van der Waals surface area contributed by atoms with Gasteiger partial charge in [-0.3, -0.25) is 4.79 Å². The standard InChI is InChI=1S/C17H25N3O.2ClH/c1-19-11-12-20(13-14-7-3-4-8-15(14)19)16(21)17(18)9-5-2-6-10-17;;/h3-4,7-8H,2,5-6,9-13,18H2,1H3;2*1H. The molecule has 0 spiro atoms. The maximum atomic E-state index is 12.9. The van der Waals surface area contributed by atoms with Gasteiger partial charge in [0.25, 0.3) is 0 Å². The molecule has 1 heterocycles. The molecular weight excluding hydrogens is 333 g/mol. The zero-order valence-corrected chi connectivity index (χ0v) is 15.3. The Labute approximate surface area is 151 Å². The Morgan fingerprint density at radius 1 is 1.09 bits per heavy atom. The Hall–Kier alpha value is -0.970. The quantitative estimate of drug-likeness (QED) is 0.838. The van der Waals surface area contributed by atoms with Gasteiger partial charge in [0.15, 0.2) is 0 Å². The number of carbonyl (C=O) groups is 1. The second kappa shape index (κ2) is 8.22. The number of anilines is 1. The molecule has 2 aliphatic rings. The fourth-order valence-corrected chi connectivity index (χ4v) is 3.58. The number of nitrogens with two attached hydrogens (primary N) is 1. The van der Waals surface area contributed by atoms with E-state index >= 15 is 0 Å². The van der Waals surface area contributed by atoms with Crippen LogP contribution < -0.4 is 10.6 Å². The summed E-state index contributed by atoms with van der Waals surface area (Å²) in [4.78, 5) is 17.1. The highest BCUT2D eigenvalue weighted by Gasteiger charge is 2.39. The number of halogens is 2. The lowest BCUT2D eigenvalue weighted by molar-refractivity contribution is -0.138. The predicted octanol–water partition coefficient (Wildman–Crippen LogP) is 2.97. The first-order chi connectivity index (χ1) is 10.1. The van der Waals surface area contributed by atoms with Crippen molar-refractivity contribution in [2.75, 3.05) is 25.0 Å². The van der Waals surface area contributed by atoms with Gasteiger partial charge in [0.05, 0.1) is 5.54 Å². The van der Waals surface area contributed by atoms with Crippen LogP contribution in [0, 0.1) is 0 Å². The third-order valence-electron chi connectivity index (χ3n) is 4.93. The van der Waals surface area contributed by atoms with Gasteiger partial charge in [-0.2, -0.15) is 0 Å². The van der Waals surface area contributed by atoms with Crippen LogP contribution >= 0.6 is 24.8 Å². The number of hydrogen-bond donors (Lipinski definition) is 1. The topological polar surface area (TPSA) is 49.6 Å². The minimum Gasteiger partial charge on any atom is -0.373 e. The maximum absolute atomic E-state index is 12.9. The van der Waals surface area contributed by atoms with E-state index in [-0.39, 0.29) is 30.7 Å². The lowest BCUT2D eigenvalue weighted by Gasteiger charge is -2.36. The highest BCUT2D eigenvalue weighted by molar-refractivity contribution is 5.86.